The maximum atomic E-state index is 12.6. The van der Waals surface area contributed by atoms with Gasteiger partial charge in [0.2, 0.25) is 10.0 Å². The zero-order chi connectivity index (χ0) is 16.3. The molecule has 0 atom stereocenters. The van der Waals surface area contributed by atoms with Crippen LogP contribution in [0.25, 0.3) is 0 Å². The summed E-state index contributed by atoms with van der Waals surface area (Å²) < 4.78 is 32.6. The summed E-state index contributed by atoms with van der Waals surface area (Å²) in [7, 11) is -3.50. The molecule has 0 radical (unpaired) electrons. The number of ether oxygens (including phenoxy) is 1. The standard InChI is InChI=1S/C16H17ClN2O3S/c17-13-3-1-5-16(11-13)23(20,21)19-9-6-14(7-10-19)22-15-4-2-8-18-12-15/h1-5,8,11-12,14H,6-7,9-10H2. The predicted molar refractivity (Wildman–Crippen MR) is 88.1 cm³/mol. The fourth-order valence-electron chi connectivity index (χ4n) is 2.58. The third-order valence-electron chi connectivity index (χ3n) is 3.77. The van der Waals surface area contributed by atoms with Crippen molar-refractivity contribution < 1.29 is 13.2 Å². The summed E-state index contributed by atoms with van der Waals surface area (Å²) in [6, 6.07) is 10.0. The van der Waals surface area contributed by atoms with Gasteiger partial charge in [-0.05, 0) is 43.2 Å². The molecule has 23 heavy (non-hydrogen) atoms. The topological polar surface area (TPSA) is 59.5 Å². The Morgan fingerprint density at radius 1 is 1.17 bits per heavy atom. The first-order chi connectivity index (χ1) is 11.1. The lowest BCUT2D eigenvalue weighted by Gasteiger charge is -2.31. The number of benzene rings is 1. The Labute approximate surface area is 140 Å². The molecule has 1 aliphatic heterocycles. The first kappa shape index (κ1) is 16.2. The van der Waals surface area contributed by atoms with Crippen molar-refractivity contribution in [3.8, 4) is 5.75 Å². The van der Waals surface area contributed by atoms with Gasteiger partial charge in [0.05, 0.1) is 11.1 Å². The zero-order valence-corrected chi connectivity index (χ0v) is 14.0. The summed E-state index contributed by atoms with van der Waals surface area (Å²) in [5, 5.41) is 0.417. The molecule has 0 N–H and O–H groups in total. The van der Waals surface area contributed by atoms with E-state index in [4.69, 9.17) is 16.3 Å². The number of piperidine rings is 1. The predicted octanol–water partition coefficient (Wildman–Crippen LogP) is 2.97. The Bertz CT molecular complexity index is 760. The lowest BCUT2D eigenvalue weighted by Crippen LogP contribution is -2.41. The Hall–Kier alpha value is -1.63. The summed E-state index contributed by atoms with van der Waals surface area (Å²) in [6.45, 7) is 0.861. The lowest BCUT2D eigenvalue weighted by atomic mass is 10.1. The summed E-state index contributed by atoms with van der Waals surface area (Å²) >= 11 is 5.89. The van der Waals surface area contributed by atoms with Crippen LogP contribution in [-0.4, -0.2) is 36.9 Å². The van der Waals surface area contributed by atoms with Crippen LogP contribution in [0.2, 0.25) is 5.02 Å². The van der Waals surface area contributed by atoms with E-state index in [1.807, 2.05) is 12.1 Å². The highest BCUT2D eigenvalue weighted by Crippen LogP contribution is 2.24. The van der Waals surface area contributed by atoms with E-state index in [9.17, 15) is 8.42 Å². The van der Waals surface area contributed by atoms with Crippen LogP contribution in [0.5, 0.6) is 5.75 Å². The van der Waals surface area contributed by atoms with Crippen molar-refractivity contribution in [1.29, 1.82) is 0 Å². The Morgan fingerprint density at radius 3 is 2.61 bits per heavy atom. The van der Waals surface area contributed by atoms with Crippen molar-refractivity contribution in [2.24, 2.45) is 0 Å². The number of aromatic nitrogens is 1. The van der Waals surface area contributed by atoms with Gasteiger partial charge in [0.1, 0.15) is 11.9 Å². The highest BCUT2D eigenvalue weighted by atomic mass is 35.5. The number of nitrogens with zero attached hydrogens (tertiary/aromatic N) is 2. The minimum absolute atomic E-state index is 0.00464. The molecular formula is C16H17ClN2O3S. The van der Waals surface area contributed by atoms with Gasteiger partial charge in [0.25, 0.3) is 0 Å². The van der Waals surface area contributed by atoms with Crippen LogP contribution in [0.1, 0.15) is 12.8 Å². The second-order valence-corrected chi connectivity index (χ2v) is 7.74. The fourth-order valence-corrected chi connectivity index (χ4v) is 4.35. The van der Waals surface area contributed by atoms with Crippen molar-refractivity contribution in [3.63, 3.8) is 0 Å². The summed E-state index contributed by atoms with van der Waals surface area (Å²) in [5.74, 6) is 0.712. The van der Waals surface area contributed by atoms with E-state index in [2.05, 4.69) is 4.98 Å². The molecule has 0 unspecified atom stereocenters. The number of rotatable bonds is 4. The minimum Gasteiger partial charge on any atom is -0.489 e. The molecule has 122 valence electrons. The second kappa shape index (κ2) is 6.86. The number of pyridine rings is 1. The van der Waals surface area contributed by atoms with Gasteiger partial charge in [-0.15, -0.1) is 0 Å². The summed E-state index contributed by atoms with van der Waals surface area (Å²) in [4.78, 5) is 4.24. The van der Waals surface area contributed by atoms with Gasteiger partial charge in [0, 0.05) is 24.3 Å². The van der Waals surface area contributed by atoms with Crippen LogP contribution in [0, 0.1) is 0 Å². The van der Waals surface area contributed by atoms with Crippen LogP contribution in [0.4, 0.5) is 0 Å². The molecule has 1 saturated heterocycles. The van der Waals surface area contributed by atoms with E-state index in [-0.39, 0.29) is 11.0 Å². The average molecular weight is 353 g/mol. The molecule has 0 spiro atoms. The van der Waals surface area contributed by atoms with Crippen LogP contribution < -0.4 is 4.74 Å². The molecule has 1 aliphatic rings. The molecule has 2 aromatic rings. The Morgan fingerprint density at radius 2 is 1.96 bits per heavy atom. The summed E-state index contributed by atoms with van der Waals surface area (Å²) in [6.07, 6.45) is 4.65. The molecule has 1 fully saturated rings. The van der Waals surface area contributed by atoms with Gasteiger partial charge in [-0.1, -0.05) is 17.7 Å². The van der Waals surface area contributed by atoms with Crippen LogP contribution in [-0.2, 0) is 10.0 Å². The third-order valence-corrected chi connectivity index (χ3v) is 5.90. The zero-order valence-electron chi connectivity index (χ0n) is 12.4. The van der Waals surface area contributed by atoms with Gasteiger partial charge >= 0.3 is 0 Å². The van der Waals surface area contributed by atoms with E-state index in [1.54, 1.807) is 30.6 Å². The highest BCUT2D eigenvalue weighted by Gasteiger charge is 2.30. The largest absolute Gasteiger partial charge is 0.489 e. The smallest absolute Gasteiger partial charge is 0.243 e. The van der Waals surface area contributed by atoms with Crippen molar-refractivity contribution in [1.82, 2.24) is 9.29 Å². The van der Waals surface area contributed by atoms with Crippen LogP contribution in [0.3, 0.4) is 0 Å². The molecule has 0 amide bonds. The van der Waals surface area contributed by atoms with Gasteiger partial charge in [-0.2, -0.15) is 4.31 Å². The first-order valence-electron chi connectivity index (χ1n) is 7.38. The van der Waals surface area contributed by atoms with E-state index >= 15 is 0 Å². The van der Waals surface area contributed by atoms with Crippen molar-refractivity contribution in [2.75, 3.05) is 13.1 Å². The first-order valence-corrected chi connectivity index (χ1v) is 9.20. The number of sulfonamides is 1. The summed E-state index contributed by atoms with van der Waals surface area (Å²) in [5.41, 5.74) is 0. The number of hydrogen-bond donors (Lipinski definition) is 0. The maximum absolute atomic E-state index is 12.6. The van der Waals surface area contributed by atoms with Gasteiger partial charge in [-0.25, -0.2) is 8.42 Å². The maximum Gasteiger partial charge on any atom is 0.243 e. The van der Waals surface area contributed by atoms with Crippen molar-refractivity contribution in [2.45, 2.75) is 23.8 Å². The molecular weight excluding hydrogens is 336 g/mol. The SMILES string of the molecule is O=S(=O)(c1cccc(Cl)c1)N1CCC(Oc2cccnc2)CC1. The third kappa shape index (κ3) is 3.83. The molecule has 0 bridgehead atoms. The van der Waals surface area contributed by atoms with Crippen LogP contribution >= 0.6 is 11.6 Å². The second-order valence-electron chi connectivity index (χ2n) is 5.37. The quantitative estimate of drug-likeness (QED) is 0.848. The number of halogens is 1. The van der Waals surface area contributed by atoms with Crippen molar-refractivity contribution >= 4 is 21.6 Å². The van der Waals surface area contributed by atoms with Gasteiger partial charge in [-0.3, -0.25) is 4.98 Å². The van der Waals surface area contributed by atoms with E-state index in [0.29, 0.717) is 36.7 Å². The number of hydrogen-bond acceptors (Lipinski definition) is 4. The minimum atomic E-state index is -3.50. The van der Waals surface area contributed by atoms with Crippen molar-refractivity contribution in [3.05, 3.63) is 53.8 Å². The van der Waals surface area contributed by atoms with E-state index in [0.717, 1.165) is 0 Å². The molecule has 0 saturated carbocycles. The molecule has 5 nitrogen and oxygen atoms in total. The molecule has 1 aromatic carbocycles. The molecule has 0 aliphatic carbocycles. The fraction of sp³-hybridized carbons (Fsp3) is 0.312. The Balaban J connectivity index is 1.64. The van der Waals surface area contributed by atoms with E-state index < -0.39 is 10.0 Å². The van der Waals surface area contributed by atoms with Gasteiger partial charge < -0.3 is 4.74 Å². The Kier molecular flexibility index (Phi) is 4.84. The normalized spacial score (nSPS) is 17.1. The lowest BCUT2D eigenvalue weighted by molar-refractivity contribution is 0.134. The average Bonchev–Trinajstić information content (AvgIpc) is 2.56. The molecule has 1 aromatic heterocycles. The van der Waals surface area contributed by atoms with Gasteiger partial charge in [0.15, 0.2) is 0 Å². The molecule has 2 heterocycles. The van der Waals surface area contributed by atoms with Crippen LogP contribution in [0.15, 0.2) is 53.7 Å². The monoisotopic (exact) mass is 352 g/mol. The highest BCUT2D eigenvalue weighted by molar-refractivity contribution is 7.89. The van der Waals surface area contributed by atoms with E-state index in [1.165, 1.54) is 10.4 Å². The molecule has 3 rings (SSSR count). The molecule has 7 heteroatoms.